The number of nitrogens with zero attached hydrogens (tertiary/aromatic N) is 4. The number of amides is 1. The van der Waals surface area contributed by atoms with Crippen LogP contribution in [0.2, 0.25) is 5.02 Å². The van der Waals surface area contributed by atoms with E-state index in [1.54, 1.807) is 12.3 Å². The van der Waals surface area contributed by atoms with E-state index < -0.39 is 0 Å². The highest BCUT2D eigenvalue weighted by Gasteiger charge is 2.24. The van der Waals surface area contributed by atoms with Crippen molar-refractivity contribution in [3.05, 3.63) is 76.5 Å². The van der Waals surface area contributed by atoms with Crippen molar-refractivity contribution < 1.29 is 4.79 Å². The first-order chi connectivity index (χ1) is 13.7. The highest BCUT2D eigenvalue weighted by Crippen LogP contribution is 2.28. The average molecular weight is 393 g/mol. The smallest absolute Gasteiger partial charge is 0.272 e. The molecular weight excluding hydrogens is 372 g/mol. The van der Waals surface area contributed by atoms with Gasteiger partial charge >= 0.3 is 0 Å². The lowest BCUT2D eigenvalue weighted by molar-refractivity contribution is 0.0757. The van der Waals surface area contributed by atoms with E-state index in [9.17, 15) is 4.79 Å². The highest BCUT2D eigenvalue weighted by atomic mass is 35.5. The van der Waals surface area contributed by atoms with Gasteiger partial charge in [0.2, 0.25) is 0 Å². The summed E-state index contributed by atoms with van der Waals surface area (Å²) in [5.41, 5.74) is 4.61. The molecule has 3 heterocycles. The number of hydrogen-bond acceptors (Lipinski definition) is 4. The molecule has 0 bridgehead atoms. The number of hydrogen-bond donors (Lipinski definition) is 0. The number of fused-ring (bicyclic) bond motifs is 1. The lowest BCUT2D eigenvalue weighted by atomic mass is 10.0. The Morgan fingerprint density at radius 3 is 2.57 bits per heavy atom. The maximum Gasteiger partial charge on any atom is 0.272 e. The summed E-state index contributed by atoms with van der Waals surface area (Å²) in [5, 5.41) is 0.701. The van der Waals surface area contributed by atoms with Crippen LogP contribution in [0.5, 0.6) is 0 Å². The minimum Gasteiger partial charge on any atom is -0.337 e. The number of carbonyl (C=O) groups is 1. The summed E-state index contributed by atoms with van der Waals surface area (Å²) in [6, 6.07) is 13.2. The zero-order valence-electron chi connectivity index (χ0n) is 15.7. The van der Waals surface area contributed by atoms with Crippen LogP contribution in [0.15, 0.2) is 48.7 Å². The molecule has 0 N–H and O–H groups in total. The first kappa shape index (κ1) is 18.6. The van der Waals surface area contributed by atoms with Crippen molar-refractivity contribution in [2.75, 3.05) is 13.1 Å². The van der Waals surface area contributed by atoms with Crippen LogP contribution in [0.25, 0.3) is 11.3 Å². The lowest BCUT2D eigenvalue weighted by Crippen LogP contribution is -2.33. The normalized spacial score (nSPS) is 13.7. The largest absolute Gasteiger partial charge is 0.337 e. The Bertz CT molecular complexity index is 989. The summed E-state index contributed by atoms with van der Waals surface area (Å²) >= 11 is 6.06. The molecule has 6 heteroatoms. The van der Waals surface area contributed by atoms with Crippen LogP contribution in [0, 0.1) is 0 Å². The first-order valence-electron chi connectivity index (χ1n) is 9.50. The number of pyridine rings is 1. The van der Waals surface area contributed by atoms with Gasteiger partial charge in [0, 0.05) is 54.0 Å². The van der Waals surface area contributed by atoms with Crippen molar-refractivity contribution >= 4 is 17.5 Å². The molecule has 5 nitrogen and oxygen atoms in total. The van der Waals surface area contributed by atoms with E-state index in [0.29, 0.717) is 30.2 Å². The second-order valence-corrected chi connectivity index (χ2v) is 7.22. The van der Waals surface area contributed by atoms with E-state index in [-0.39, 0.29) is 5.91 Å². The molecule has 0 saturated heterocycles. The number of aromatic nitrogens is 3. The van der Waals surface area contributed by atoms with Gasteiger partial charge in [-0.2, -0.15) is 0 Å². The number of halogens is 1. The maximum atomic E-state index is 12.8. The molecule has 3 aromatic rings. The number of rotatable bonds is 3. The molecule has 1 amide bonds. The van der Waals surface area contributed by atoms with Crippen LogP contribution in [0.1, 0.15) is 34.5 Å². The summed E-state index contributed by atoms with van der Waals surface area (Å²) in [4.78, 5) is 28.5. The van der Waals surface area contributed by atoms with Crippen LogP contribution in [0.4, 0.5) is 0 Å². The number of aryl methyl sites for hydroxylation is 1. The molecule has 28 heavy (non-hydrogen) atoms. The Labute approximate surface area is 169 Å². The Morgan fingerprint density at radius 1 is 1.07 bits per heavy atom. The Balaban J connectivity index is 1.67. The van der Waals surface area contributed by atoms with Gasteiger partial charge in [-0.15, -0.1) is 0 Å². The van der Waals surface area contributed by atoms with Crippen LogP contribution in [-0.2, 0) is 19.3 Å². The molecule has 1 aliphatic heterocycles. The molecule has 0 spiro atoms. The molecular formula is C22H21ClN4O. The summed E-state index contributed by atoms with van der Waals surface area (Å²) in [6.45, 7) is 3.31. The Morgan fingerprint density at radius 2 is 1.86 bits per heavy atom. The fourth-order valence-corrected chi connectivity index (χ4v) is 3.64. The molecule has 0 atom stereocenters. The second kappa shape index (κ2) is 8.07. The van der Waals surface area contributed by atoms with Gasteiger partial charge in [0.25, 0.3) is 5.91 Å². The fraction of sp³-hybridized carbons (Fsp3) is 0.273. The van der Waals surface area contributed by atoms with Crippen LogP contribution < -0.4 is 0 Å². The number of carbonyl (C=O) groups excluding carboxylic acids is 1. The third-order valence-corrected chi connectivity index (χ3v) is 5.25. The predicted octanol–water partition coefficient (Wildman–Crippen LogP) is 4.00. The molecule has 142 valence electrons. The van der Waals surface area contributed by atoms with E-state index in [4.69, 9.17) is 21.6 Å². The van der Waals surface area contributed by atoms with Crippen molar-refractivity contribution in [3.8, 4) is 11.3 Å². The van der Waals surface area contributed by atoms with E-state index in [2.05, 4.69) is 11.9 Å². The van der Waals surface area contributed by atoms with E-state index in [1.807, 2.05) is 41.3 Å². The lowest BCUT2D eigenvalue weighted by Gasteiger charge is -2.19. The van der Waals surface area contributed by atoms with Gasteiger partial charge in [-0.3, -0.25) is 9.78 Å². The quantitative estimate of drug-likeness (QED) is 0.676. The van der Waals surface area contributed by atoms with Gasteiger partial charge in [-0.25, -0.2) is 9.97 Å². The molecule has 0 radical (unpaired) electrons. The maximum absolute atomic E-state index is 12.8. The summed E-state index contributed by atoms with van der Waals surface area (Å²) in [5.74, 6) is 0.790. The second-order valence-electron chi connectivity index (χ2n) is 6.78. The van der Waals surface area contributed by atoms with Crippen molar-refractivity contribution in [1.29, 1.82) is 0 Å². The van der Waals surface area contributed by atoms with Gasteiger partial charge in [-0.1, -0.05) is 36.7 Å². The van der Waals surface area contributed by atoms with Crippen molar-refractivity contribution in [2.24, 2.45) is 0 Å². The van der Waals surface area contributed by atoms with Gasteiger partial charge in [0.1, 0.15) is 11.5 Å². The van der Waals surface area contributed by atoms with Crippen molar-refractivity contribution in [3.63, 3.8) is 0 Å². The summed E-state index contributed by atoms with van der Waals surface area (Å²) in [7, 11) is 0. The zero-order valence-corrected chi connectivity index (χ0v) is 16.5. The average Bonchev–Trinajstić information content (AvgIpc) is 2.96. The van der Waals surface area contributed by atoms with Gasteiger partial charge in [0.15, 0.2) is 0 Å². The van der Waals surface area contributed by atoms with Crippen molar-refractivity contribution in [1.82, 2.24) is 19.9 Å². The molecule has 0 fully saturated rings. The molecule has 0 aliphatic carbocycles. The van der Waals surface area contributed by atoms with Gasteiger partial charge in [0.05, 0.1) is 5.69 Å². The third-order valence-electron chi connectivity index (χ3n) is 4.99. The van der Waals surface area contributed by atoms with Crippen LogP contribution >= 0.6 is 11.6 Å². The molecule has 2 aromatic heterocycles. The van der Waals surface area contributed by atoms with Crippen molar-refractivity contribution in [2.45, 2.75) is 26.2 Å². The van der Waals surface area contributed by atoms with E-state index >= 15 is 0 Å². The number of benzene rings is 1. The van der Waals surface area contributed by atoms with Crippen LogP contribution in [0.3, 0.4) is 0 Å². The third kappa shape index (κ3) is 3.76. The topological polar surface area (TPSA) is 59.0 Å². The standard InChI is InChI=1S/C22H21ClN4O/c1-2-20-25-18-11-14-27(22(28)19-5-3-4-12-24-19)13-10-17(18)21(26-20)15-6-8-16(23)9-7-15/h3-9,12H,2,10-11,13-14H2,1H3. The van der Waals surface area contributed by atoms with Gasteiger partial charge < -0.3 is 4.90 Å². The Hall–Kier alpha value is -2.79. The highest BCUT2D eigenvalue weighted by molar-refractivity contribution is 6.30. The Kier molecular flexibility index (Phi) is 5.35. The fourth-order valence-electron chi connectivity index (χ4n) is 3.51. The monoisotopic (exact) mass is 392 g/mol. The molecule has 0 saturated carbocycles. The van der Waals surface area contributed by atoms with Gasteiger partial charge in [-0.05, 0) is 30.7 Å². The molecule has 0 unspecified atom stereocenters. The van der Waals surface area contributed by atoms with E-state index in [0.717, 1.165) is 41.2 Å². The summed E-state index contributed by atoms with van der Waals surface area (Å²) < 4.78 is 0. The predicted molar refractivity (Wildman–Crippen MR) is 109 cm³/mol. The van der Waals surface area contributed by atoms with E-state index in [1.165, 1.54) is 0 Å². The minimum atomic E-state index is -0.0369. The van der Waals surface area contributed by atoms with Crippen LogP contribution in [-0.4, -0.2) is 38.8 Å². The minimum absolute atomic E-state index is 0.0369. The molecule has 1 aliphatic rings. The molecule has 1 aromatic carbocycles. The zero-order chi connectivity index (χ0) is 19.5. The first-order valence-corrected chi connectivity index (χ1v) is 9.88. The molecule has 4 rings (SSSR count). The SMILES string of the molecule is CCc1nc2c(c(-c3ccc(Cl)cc3)n1)CCN(C(=O)c1ccccn1)CC2. The summed E-state index contributed by atoms with van der Waals surface area (Å²) in [6.07, 6.45) is 3.85.